The number of carbonyl (C=O) groups excluding carboxylic acids is 4. The summed E-state index contributed by atoms with van der Waals surface area (Å²) in [6, 6.07) is 18.6. The topological polar surface area (TPSA) is 181 Å². The molecule has 66 heavy (non-hydrogen) atoms. The van der Waals surface area contributed by atoms with Gasteiger partial charge < -0.3 is 48.5 Å². The molecule has 0 spiro atoms. The molecule has 12 atom stereocenters. The van der Waals surface area contributed by atoms with E-state index in [1.54, 1.807) is 27.7 Å². The molecule has 360 valence electrons. The van der Waals surface area contributed by atoms with Gasteiger partial charge in [-0.3, -0.25) is 19.4 Å². The average molecular weight is 916 g/mol. The van der Waals surface area contributed by atoms with Gasteiger partial charge in [0.2, 0.25) is 11.5 Å². The number of esters is 1. The van der Waals surface area contributed by atoms with Gasteiger partial charge in [0.05, 0.1) is 17.8 Å². The van der Waals surface area contributed by atoms with Crippen LogP contribution in [0.5, 0.6) is 0 Å². The molecule has 3 heterocycles. The zero-order valence-electron chi connectivity index (χ0n) is 40.3. The highest BCUT2D eigenvalue weighted by molar-refractivity contribution is 6.09. The number of ketones is 1. The second kappa shape index (κ2) is 21.5. The van der Waals surface area contributed by atoms with Gasteiger partial charge in [-0.2, -0.15) is 0 Å². The summed E-state index contributed by atoms with van der Waals surface area (Å²) in [6.07, 6.45) is -1.78. The molecule has 1 amide bonds. The van der Waals surface area contributed by atoms with Crippen molar-refractivity contribution in [2.45, 2.75) is 129 Å². The lowest BCUT2D eigenvalue weighted by Gasteiger charge is -2.47. The van der Waals surface area contributed by atoms with E-state index in [-0.39, 0.29) is 43.6 Å². The first-order valence-electron chi connectivity index (χ1n) is 23.1. The summed E-state index contributed by atoms with van der Waals surface area (Å²) in [5.74, 6) is -5.05. The summed E-state index contributed by atoms with van der Waals surface area (Å²) < 4.78 is 42.5. The summed E-state index contributed by atoms with van der Waals surface area (Å²) in [7, 11) is 5.25. The molecule has 3 aliphatic rings. The Labute approximate surface area is 388 Å². The molecular formula is C51H69N3O12. The van der Waals surface area contributed by atoms with Crippen molar-refractivity contribution < 1.29 is 57.4 Å². The molecule has 3 aromatic rings. The summed E-state index contributed by atoms with van der Waals surface area (Å²) >= 11 is 0. The number of hydrogen-bond acceptors (Lipinski definition) is 14. The van der Waals surface area contributed by atoms with Crippen LogP contribution in [-0.2, 0) is 54.0 Å². The normalized spacial score (nSPS) is 33.7. The molecular weight excluding hydrogens is 847 g/mol. The maximum Gasteiger partial charge on any atom is 0.509 e. The van der Waals surface area contributed by atoms with Crippen LogP contribution < -0.4 is 5.32 Å². The molecule has 0 saturated carbocycles. The number of methoxy groups -OCH3 is 1. The van der Waals surface area contributed by atoms with Gasteiger partial charge in [-0.15, -0.1) is 0 Å². The Bertz CT molecular complexity index is 2300. The zero-order valence-corrected chi connectivity index (χ0v) is 40.3. The van der Waals surface area contributed by atoms with E-state index in [2.05, 4.69) is 41.7 Å². The van der Waals surface area contributed by atoms with Crippen LogP contribution in [0.4, 0.5) is 4.79 Å². The van der Waals surface area contributed by atoms with E-state index < -0.39 is 77.4 Å². The number of rotatable bonds is 12. The Morgan fingerprint density at radius 1 is 0.985 bits per heavy atom. The van der Waals surface area contributed by atoms with E-state index in [9.17, 15) is 24.3 Å². The number of carbonyl (C=O) groups is 4. The molecule has 15 nitrogen and oxygen atoms in total. The van der Waals surface area contributed by atoms with Crippen molar-refractivity contribution >= 4 is 51.1 Å². The number of aliphatic hydroxyl groups excluding tert-OH is 1. The van der Waals surface area contributed by atoms with Crippen LogP contribution in [0.3, 0.4) is 0 Å². The lowest BCUT2D eigenvalue weighted by molar-refractivity contribution is -0.295. The molecule has 0 unspecified atom stereocenters. The van der Waals surface area contributed by atoms with Gasteiger partial charge >= 0.3 is 12.1 Å². The predicted octanol–water partition coefficient (Wildman–Crippen LogP) is 6.93. The van der Waals surface area contributed by atoms with Crippen LogP contribution >= 0.6 is 0 Å². The molecule has 3 aliphatic heterocycles. The number of cyclic esters (lactones) is 1. The average Bonchev–Trinajstić information content (AvgIpc) is 3.61. The first-order chi connectivity index (χ1) is 31.3. The van der Waals surface area contributed by atoms with Crippen molar-refractivity contribution in [1.82, 2.24) is 10.2 Å². The van der Waals surface area contributed by atoms with E-state index in [1.807, 2.05) is 58.0 Å². The number of ether oxygens (including phenoxy) is 7. The molecule has 0 aromatic heterocycles. The van der Waals surface area contributed by atoms with Gasteiger partial charge in [-0.25, -0.2) is 4.79 Å². The quantitative estimate of drug-likeness (QED) is 0.0827. The van der Waals surface area contributed by atoms with E-state index >= 15 is 0 Å². The maximum absolute atomic E-state index is 14.4. The number of allylic oxidation sites excluding steroid dienone is 1. The zero-order chi connectivity index (χ0) is 48.1. The Morgan fingerprint density at radius 3 is 2.35 bits per heavy atom. The second-order valence-corrected chi connectivity index (χ2v) is 18.8. The maximum atomic E-state index is 14.4. The number of likely N-dealkylation sites (N-methyl/N-ethyl adjacent to an activating group) is 1. The van der Waals surface area contributed by atoms with Gasteiger partial charge in [-0.05, 0) is 113 Å². The van der Waals surface area contributed by atoms with Crippen molar-refractivity contribution in [1.29, 1.82) is 0 Å². The van der Waals surface area contributed by atoms with E-state index in [0.717, 1.165) is 12.8 Å². The smallest absolute Gasteiger partial charge is 0.426 e. The number of nitrogens with zero attached hydrogens (tertiary/aromatic N) is 2. The Balaban J connectivity index is 1.23. The number of fused-ring (bicyclic) bond motifs is 4. The minimum Gasteiger partial charge on any atom is -0.426 e. The standard InChI is InChI=1S/C51H69N3O12/c1-12-40-51(8)46(65-49(59)66-51)31(4)42(53-28-61-27-41(55)52-23-17-19-35-25-34-18-13-14-20-36(34)38-22-16-15-21-37(35)38)29(2)26-50(7,60-11)45(32(5)43(56)33(6)47(58)63-40)64-48-44(57)39(54(9)10)24-30(3)62-48/h12-16,18,20-22,25,29-33,39,44-46,48,57H,17,19,23-24,26-28H2,1-11H3,(H,52,55)/b40-12-,53-42?/t29-,30-,31+,32+,33-,39+,44-,45-,46-,48+,50-,51-/m1/s1. The number of aliphatic imine (C=N–C) groups is 1. The third-order valence-corrected chi connectivity index (χ3v) is 13.8. The minimum absolute atomic E-state index is 0.00902. The molecule has 15 heteroatoms. The summed E-state index contributed by atoms with van der Waals surface area (Å²) in [4.78, 5) is 61.1. The molecule has 3 saturated heterocycles. The highest BCUT2D eigenvalue weighted by Gasteiger charge is 2.57. The number of amides is 1. The van der Waals surface area contributed by atoms with Crippen molar-refractivity contribution in [3.05, 3.63) is 72.0 Å². The molecule has 6 rings (SSSR count). The highest BCUT2D eigenvalue weighted by atomic mass is 16.8. The number of benzene rings is 3. The van der Waals surface area contributed by atoms with Crippen LogP contribution in [0.1, 0.15) is 80.2 Å². The minimum atomic E-state index is -1.59. The molecule has 2 N–H and O–H groups in total. The van der Waals surface area contributed by atoms with Crippen molar-refractivity contribution in [2.24, 2.45) is 28.7 Å². The third-order valence-electron chi connectivity index (χ3n) is 13.8. The van der Waals surface area contributed by atoms with E-state index in [1.165, 1.54) is 47.2 Å². The number of aliphatic hydroxyl groups is 1. The van der Waals surface area contributed by atoms with Crippen LogP contribution in [-0.4, -0.2) is 129 Å². The summed E-state index contributed by atoms with van der Waals surface area (Å²) in [5, 5.41) is 19.3. The Morgan fingerprint density at radius 2 is 1.67 bits per heavy atom. The first-order valence-corrected chi connectivity index (χ1v) is 23.1. The number of Topliss-reactive ketones (excluding diaryl/α,β-unsaturated/α-hetero) is 1. The Hall–Kier alpha value is -4.77. The summed E-state index contributed by atoms with van der Waals surface area (Å²) in [5.41, 5.74) is -1.11. The fourth-order valence-corrected chi connectivity index (χ4v) is 10.2. The van der Waals surface area contributed by atoms with E-state index in [0.29, 0.717) is 18.7 Å². The fourth-order valence-electron chi connectivity index (χ4n) is 10.2. The lowest BCUT2D eigenvalue weighted by Crippen LogP contribution is -2.59. The fraction of sp³-hybridized carbons (Fsp3) is 0.588. The highest BCUT2D eigenvalue weighted by Crippen LogP contribution is 2.43. The van der Waals surface area contributed by atoms with Gasteiger partial charge in [-0.1, -0.05) is 75.4 Å². The van der Waals surface area contributed by atoms with Crippen LogP contribution in [0, 0.1) is 23.7 Å². The lowest BCUT2D eigenvalue weighted by atomic mass is 9.74. The van der Waals surface area contributed by atoms with Gasteiger partial charge in [0.25, 0.3) is 0 Å². The van der Waals surface area contributed by atoms with Crippen molar-refractivity contribution in [3.8, 4) is 0 Å². The molecule has 3 aromatic carbocycles. The molecule has 0 bridgehead atoms. The van der Waals surface area contributed by atoms with Gasteiger partial charge in [0, 0.05) is 37.2 Å². The third kappa shape index (κ3) is 10.8. The monoisotopic (exact) mass is 915 g/mol. The molecule has 0 aliphatic carbocycles. The van der Waals surface area contributed by atoms with Crippen LogP contribution in [0.15, 0.2) is 71.4 Å². The number of aryl methyl sites for hydroxylation is 1. The summed E-state index contributed by atoms with van der Waals surface area (Å²) in [6.45, 7) is 13.8. The first kappa shape index (κ1) is 50.6. The predicted molar refractivity (Wildman–Crippen MR) is 250 cm³/mol. The largest absolute Gasteiger partial charge is 0.509 e. The van der Waals surface area contributed by atoms with Crippen LogP contribution in [0.2, 0.25) is 0 Å². The van der Waals surface area contributed by atoms with Gasteiger partial charge in [0.15, 0.2) is 23.9 Å². The van der Waals surface area contributed by atoms with E-state index in [4.69, 9.17) is 38.2 Å². The van der Waals surface area contributed by atoms with Gasteiger partial charge in [0.1, 0.15) is 25.4 Å². The SMILES string of the molecule is C/C=C1\OC(=O)[C@H](C)C(=O)[C@H](C)[C@@H](O[C@@H]2O[C@H](C)C[C@H](N(C)C)[C@H]2O)[C@](C)(OC)C[C@@H](C)C(=NCOCC(=O)NCCCc2cc3ccccc3c3ccccc23)[C@H](C)[C@H]2OC(=O)O[C@]12C. The van der Waals surface area contributed by atoms with Crippen molar-refractivity contribution in [3.63, 3.8) is 0 Å². The Kier molecular flexibility index (Phi) is 16.5. The van der Waals surface area contributed by atoms with Crippen molar-refractivity contribution in [2.75, 3.05) is 41.1 Å². The molecule has 3 fully saturated rings. The number of nitrogens with one attached hydrogen (secondary N) is 1. The number of hydrogen-bond donors (Lipinski definition) is 2. The molecule has 0 radical (unpaired) electrons. The van der Waals surface area contributed by atoms with Crippen LogP contribution in [0.25, 0.3) is 21.5 Å². The second-order valence-electron chi connectivity index (χ2n) is 18.8.